The zero-order valence-electron chi connectivity index (χ0n) is 16.1. The third-order valence-electron chi connectivity index (χ3n) is 9.40. The van der Waals surface area contributed by atoms with E-state index in [9.17, 15) is 9.90 Å². The van der Waals surface area contributed by atoms with Gasteiger partial charge in [-0.25, -0.2) is 0 Å². The molecular formula is C22H35BrO2. The van der Waals surface area contributed by atoms with Crippen molar-refractivity contribution in [2.24, 2.45) is 46.8 Å². The fraction of sp³-hybridized carbons (Fsp3) is 0.955. The van der Waals surface area contributed by atoms with Crippen LogP contribution in [0.25, 0.3) is 0 Å². The lowest BCUT2D eigenvalue weighted by Gasteiger charge is -2.58. The molecule has 0 aromatic heterocycles. The Kier molecular flexibility index (Phi) is 4.68. The van der Waals surface area contributed by atoms with Gasteiger partial charge < -0.3 is 5.11 Å². The number of halogens is 1. The number of carbonyl (C=O) groups excluding carboxylic acids is 1. The SMILES string of the molecule is C[C@H]1C[C@H]2[C@@H](CC[C@@H]3[C@@H]2CC[C@]2(C)[C@@H](C(=O)CBr)CC[C@@H]32)C[C@]1(C)O. The monoisotopic (exact) mass is 410 g/mol. The van der Waals surface area contributed by atoms with Crippen LogP contribution < -0.4 is 0 Å². The molecular weight excluding hydrogens is 376 g/mol. The maximum Gasteiger partial charge on any atom is 0.147 e. The first-order valence-electron chi connectivity index (χ1n) is 10.6. The summed E-state index contributed by atoms with van der Waals surface area (Å²) in [7, 11) is 0. The predicted octanol–water partition coefficient (Wildman–Crippen LogP) is 5.22. The summed E-state index contributed by atoms with van der Waals surface area (Å²) < 4.78 is 0. The van der Waals surface area contributed by atoms with Crippen LogP contribution in [0.1, 0.15) is 72.1 Å². The Morgan fingerprint density at radius 1 is 1.08 bits per heavy atom. The zero-order valence-corrected chi connectivity index (χ0v) is 17.7. The van der Waals surface area contributed by atoms with E-state index < -0.39 is 5.60 Å². The molecule has 0 radical (unpaired) electrons. The molecule has 0 unspecified atom stereocenters. The van der Waals surface area contributed by atoms with Crippen LogP contribution in [-0.2, 0) is 4.79 Å². The molecule has 0 aromatic carbocycles. The molecule has 0 spiro atoms. The molecule has 4 aliphatic carbocycles. The minimum Gasteiger partial charge on any atom is -0.390 e. The van der Waals surface area contributed by atoms with Crippen molar-refractivity contribution in [1.82, 2.24) is 0 Å². The van der Waals surface area contributed by atoms with Crippen molar-refractivity contribution >= 4 is 21.7 Å². The standard InChI is InChI=1S/C22H35BrO2/c1-13-10-17-14(11-22(13,3)25)4-5-16-15(17)8-9-21(2)18(16)6-7-19(21)20(24)12-23/h13-19,25H,4-12H2,1-3H3/t13-,14-,15-,16+,17-,18-,19+,21-,22-/m0/s1. The minimum atomic E-state index is -0.460. The molecule has 4 aliphatic rings. The zero-order chi connectivity index (χ0) is 18.0. The van der Waals surface area contributed by atoms with Crippen LogP contribution >= 0.6 is 15.9 Å². The average molecular weight is 411 g/mol. The Hall–Kier alpha value is 0.110. The molecule has 25 heavy (non-hydrogen) atoms. The Morgan fingerprint density at radius 3 is 2.56 bits per heavy atom. The number of alkyl halides is 1. The van der Waals surface area contributed by atoms with Crippen LogP contribution in [0.15, 0.2) is 0 Å². The Bertz CT molecular complexity index is 544. The molecule has 9 atom stereocenters. The van der Waals surface area contributed by atoms with Crippen LogP contribution in [0.5, 0.6) is 0 Å². The molecule has 0 amide bonds. The second kappa shape index (κ2) is 6.33. The molecule has 0 aliphatic heterocycles. The number of rotatable bonds is 2. The quantitative estimate of drug-likeness (QED) is 0.633. The summed E-state index contributed by atoms with van der Waals surface area (Å²) in [6.07, 6.45) is 9.82. The molecule has 0 bridgehead atoms. The van der Waals surface area contributed by atoms with Gasteiger partial charge in [0, 0.05) is 5.92 Å². The van der Waals surface area contributed by atoms with Gasteiger partial charge in [-0.2, -0.15) is 0 Å². The summed E-state index contributed by atoms with van der Waals surface area (Å²) in [5.41, 5.74) is -0.206. The summed E-state index contributed by atoms with van der Waals surface area (Å²) >= 11 is 3.42. The van der Waals surface area contributed by atoms with Gasteiger partial charge in [-0.05, 0) is 99.2 Å². The van der Waals surface area contributed by atoms with Crippen molar-refractivity contribution in [1.29, 1.82) is 0 Å². The van der Waals surface area contributed by atoms with E-state index in [2.05, 4.69) is 36.7 Å². The van der Waals surface area contributed by atoms with Crippen LogP contribution in [0, 0.1) is 46.8 Å². The summed E-state index contributed by atoms with van der Waals surface area (Å²) in [5, 5.41) is 11.3. The maximum absolute atomic E-state index is 12.5. The van der Waals surface area contributed by atoms with Gasteiger partial charge in [-0.1, -0.05) is 29.8 Å². The van der Waals surface area contributed by atoms with Crippen molar-refractivity contribution in [2.75, 3.05) is 5.33 Å². The van der Waals surface area contributed by atoms with E-state index in [1.54, 1.807) is 0 Å². The number of carbonyl (C=O) groups is 1. The van der Waals surface area contributed by atoms with Gasteiger partial charge in [0.2, 0.25) is 0 Å². The molecule has 4 rings (SSSR count). The predicted molar refractivity (Wildman–Crippen MR) is 105 cm³/mol. The van der Waals surface area contributed by atoms with Gasteiger partial charge in [-0.15, -0.1) is 0 Å². The van der Waals surface area contributed by atoms with Crippen LogP contribution in [0.2, 0.25) is 0 Å². The topological polar surface area (TPSA) is 37.3 Å². The van der Waals surface area contributed by atoms with Crippen molar-refractivity contribution in [3.63, 3.8) is 0 Å². The second-order valence-electron chi connectivity index (χ2n) is 10.4. The lowest BCUT2D eigenvalue weighted by atomic mass is 9.48. The number of aliphatic hydroxyl groups is 1. The summed E-state index contributed by atoms with van der Waals surface area (Å²) in [4.78, 5) is 12.5. The maximum atomic E-state index is 12.5. The molecule has 3 heteroatoms. The van der Waals surface area contributed by atoms with Gasteiger partial charge in [0.25, 0.3) is 0 Å². The first kappa shape index (κ1) is 18.5. The highest BCUT2D eigenvalue weighted by Gasteiger charge is 2.59. The highest BCUT2D eigenvalue weighted by Crippen LogP contribution is 2.65. The van der Waals surface area contributed by atoms with Crippen LogP contribution in [-0.4, -0.2) is 21.8 Å². The molecule has 4 fully saturated rings. The van der Waals surface area contributed by atoms with E-state index in [0.717, 1.165) is 42.4 Å². The van der Waals surface area contributed by atoms with Crippen molar-refractivity contribution < 1.29 is 9.90 Å². The van der Waals surface area contributed by atoms with Gasteiger partial charge in [0.15, 0.2) is 0 Å². The van der Waals surface area contributed by atoms with E-state index in [1.807, 2.05) is 0 Å². The van der Waals surface area contributed by atoms with Crippen LogP contribution in [0.4, 0.5) is 0 Å². The Labute approximate surface area is 161 Å². The Morgan fingerprint density at radius 2 is 1.84 bits per heavy atom. The van der Waals surface area contributed by atoms with Gasteiger partial charge in [-0.3, -0.25) is 4.79 Å². The summed E-state index contributed by atoms with van der Waals surface area (Å²) in [5.74, 6) is 5.17. The van der Waals surface area contributed by atoms with Crippen molar-refractivity contribution in [3.8, 4) is 0 Å². The van der Waals surface area contributed by atoms with E-state index in [4.69, 9.17) is 0 Å². The first-order chi connectivity index (χ1) is 11.8. The third-order valence-corrected chi connectivity index (χ3v) is 9.95. The van der Waals surface area contributed by atoms with Gasteiger partial charge in [0.05, 0.1) is 10.9 Å². The fourth-order valence-electron chi connectivity index (χ4n) is 7.87. The molecule has 1 N–H and O–H groups in total. The highest BCUT2D eigenvalue weighted by atomic mass is 79.9. The van der Waals surface area contributed by atoms with E-state index in [0.29, 0.717) is 22.9 Å². The number of hydrogen-bond donors (Lipinski definition) is 1. The van der Waals surface area contributed by atoms with E-state index >= 15 is 0 Å². The largest absolute Gasteiger partial charge is 0.390 e. The van der Waals surface area contributed by atoms with Gasteiger partial charge in [0.1, 0.15) is 5.78 Å². The number of hydrogen-bond acceptors (Lipinski definition) is 2. The highest BCUT2D eigenvalue weighted by molar-refractivity contribution is 9.09. The van der Waals surface area contributed by atoms with Crippen molar-refractivity contribution in [2.45, 2.75) is 77.7 Å². The second-order valence-corrected chi connectivity index (χ2v) is 11.0. The molecule has 4 saturated carbocycles. The fourth-order valence-corrected chi connectivity index (χ4v) is 8.26. The summed E-state index contributed by atoms with van der Waals surface area (Å²) in [6.45, 7) is 6.75. The number of fused-ring (bicyclic) bond motifs is 5. The number of Topliss-reactive ketones (excluding diaryl/α,β-unsaturated/α-hetero) is 1. The first-order valence-corrected chi connectivity index (χ1v) is 11.7. The average Bonchev–Trinajstić information content (AvgIpc) is 2.92. The van der Waals surface area contributed by atoms with E-state index in [1.165, 1.54) is 38.5 Å². The molecule has 0 saturated heterocycles. The molecule has 0 heterocycles. The molecule has 0 aromatic rings. The lowest BCUT2D eigenvalue weighted by Crippen LogP contribution is -2.53. The Balaban J connectivity index is 1.56. The lowest BCUT2D eigenvalue weighted by molar-refractivity contribution is -0.134. The molecule has 142 valence electrons. The third kappa shape index (κ3) is 2.78. The molecule has 2 nitrogen and oxygen atoms in total. The van der Waals surface area contributed by atoms with Crippen molar-refractivity contribution in [3.05, 3.63) is 0 Å². The normalized spacial score (nSPS) is 55.2. The van der Waals surface area contributed by atoms with Gasteiger partial charge >= 0.3 is 0 Å². The van der Waals surface area contributed by atoms with Crippen LogP contribution in [0.3, 0.4) is 0 Å². The smallest absolute Gasteiger partial charge is 0.147 e. The van der Waals surface area contributed by atoms with E-state index in [-0.39, 0.29) is 5.41 Å². The summed E-state index contributed by atoms with van der Waals surface area (Å²) in [6, 6.07) is 0. The minimum absolute atomic E-state index is 0.255. The number of ketones is 1.